The van der Waals surface area contributed by atoms with Crippen LogP contribution in [0.2, 0.25) is 0 Å². The molecule has 0 aliphatic rings. The van der Waals surface area contributed by atoms with Gasteiger partial charge in [-0.3, -0.25) is 0 Å². The van der Waals surface area contributed by atoms with Crippen molar-refractivity contribution >= 4 is 15.9 Å². The molecule has 0 aliphatic heterocycles. The van der Waals surface area contributed by atoms with Gasteiger partial charge >= 0.3 is 0 Å². The second-order valence-electron chi connectivity index (χ2n) is 1.39. The molecular weight excluding hydrogens is 187 g/mol. The minimum Gasteiger partial charge on any atom is -0.506 e. The number of halogens is 2. The van der Waals surface area contributed by atoms with Crippen LogP contribution in [0.5, 0.6) is 0 Å². The van der Waals surface area contributed by atoms with Crippen LogP contribution in [0.1, 0.15) is 0 Å². The van der Waals surface area contributed by atoms with Gasteiger partial charge in [0.05, 0.1) is 0 Å². The molecule has 50 valence electrons. The summed E-state index contributed by atoms with van der Waals surface area (Å²) in [6, 6.07) is 0. The normalized spacial score (nSPS) is 11.1. The van der Waals surface area contributed by atoms with Crippen LogP contribution in [0, 0.1) is 0 Å². The molecule has 1 nitrogen and oxygen atoms in total. The summed E-state index contributed by atoms with van der Waals surface area (Å²) in [4.78, 5) is 0. The molecule has 9 heavy (non-hydrogen) atoms. The summed E-state index contributed by atoms with van der Waals surface area (Å²) < 4.78 is 12.6. The van der Waals surface area contributed by atoms with E-state index in [2.05, 4.69) is 29.1 Å². The number of hydrogen-bond acceptors (Lipinski definition) is 1. The van der Waals surface area contributed by atoms with Crippen molar-refractivity contribution in [3.8, 4) is 0 Å². The van der Waals surface area contributed by atoms with Gasteiger partial charge in [0.15, 0.2) is 5.83 Å². The highest BCUT2D eigenvalue weighted by Crippen LogP contribution is 2.12. The van der Waals surface area contributed by atoms with Crippen LogP contribution in [-0.4, -0.2) is 5.11 Å². The highest BCUT2D eigenvalue weighted by Gasteiger charge is 1.95. The van der Waals surface area contributed by atoms with Gasteiger partial charge in [-0.2, -0.15) is 0 Å². The Balaban J connectivity index is 4.17. The first-order valence-electron chi connectivity index (χ1n) is 2.14. The fourth-order valence-electron chi connectivity index (χ4n) is 0.221. The third-order valence-corrected chi connectivity index (χ3v) is 0.788. The van der Waals surface area contributed by atoms with Gasteiger partial charge in [0.25, 0.3) is 0 Å². The van der Waals surface area contributed by atoms with Crippen LogP contribution in [0.25, 0.3) is 0 Å². The zero-order valence-electron chi connectivity index (χ0n) is 4.69. The third-order valence-electron chi connectivity index (χ3n) is 0.559. The van der Waals surface area contributed by atoms with Crippen molar-refractivity contribution in [2.45, 2.75) is 0 Å². The van der Waals surface area contributed by atoms with E-state index in [0.29, 0.717) is 4.48 Å². The zero-order chi connectivity index (χ0) is 7.44. The van der Waals surface area contributed by atoms with E-state index in [0.717, 1.165) is 6.08 Å². The SMILES string of the molecule is C=C(Br)/C=C(/F)C(=C)O. The second kappa shape index (κ2) is 3.45. The molecule has 0 unspecified atom stereocenters. The molecule has 0 saturated carbocycles. The smallest absolute Gasteiger partial charge is 0.165 e. The van der Waals surface area contributed by atoms with Gasteiger partial charge in [0.1, 0.15) is 5.76 Å². The van der Waals surface area contributed by atoms with Crippen LogP contribution in [0.4, 0.5) is 4.39 Å². The lowest BCUT2D eigenvalue weighted by Gasteiger charge is -1.89. The lowest BCUT2D eigenvalue weighted by atomic mass is 10.4. The maximum absolute atomic E-state index is 12.2. The summed E-state index contributed by atoms with van der Waals surface area (Å²) in [6.45, 7) is 6.28. The standard InChI is InChI=1S/C6H6BrFO/c1-4(7)3-6(8)5(2)9/h3,9H,1-2H2/b6-3+. The van der Waals surface area contributed by atoms with E-state index >= 15 is 0 Å². The van der Waals surface area contributed by atoms with E-state index in [1.54, 1.807) is 0 Å². The number of rotatable bonds is 2. The summed E-state index contributed by atoms with van der Waals surface area (Å²) in [6.07, 6.45) is 1.03. The van der Waals surface area contributed by atoms with E-state index in [-0.39, 0.29) is 0 Å². The molecule has 3 heteroatoms. The molecule has 0 spiro atoms. The van der Waals surface area contributed by atoms with E-state index in [9.17, 15) is 4.39 Å². The summed E-state index contributed by atoms with van der Waals surface area (Å²) in [7, 11) is 0. The highest BCUT2D eigenvalue weighted by atomic mass is 79.9. The molecule has 0 amide bonds. The van der Waals surface area contributed by atoms with Gasteiger partial charge < -0.3 is 5.11 Å². The first kappa shape index (κ1) is 8.43. The molecule has 0 radical (unpaired) electrons. The predicted octanol–water partition coefficient (Wildman–Crippen LogP) is 2.82. The fraction of sp³-hybridized carbons (Fsp3) is 0. The largest absolute Gasteiger partial charge is 0.506 e. The Hall–Kier alpha value is -0.570. The predicted molar refractivity (Wildman–Crippen MR) is 39.0 cm³/mol. The number of hydrogen-bond donors (Lipinski definition) is 1. The van der Waals surface area contributed by atoms with E-state index in [4.69, 9.17) is 5.11 Å². The van der Waals surface area contributed by atoms with E-state index in [1.807, 2.05) is 0 Å². The van der Waals surface area contributed by atoms with Crippen LogP contribution in [-0.2, 0) is 0 Å². The maximum atomic E-state index is 12.2. The summed E-state index contributed by atoms with van der Waals surface area (Å²) in [5, 5.41) is 8.37. The van der Waals surface area contributed by atoms with Crippen molar-refractivity contribution in [3.05, 3.63) is 35.3 Å². The Morgan fingerprint density at radius 2 is 2.00 bits per heavy atom. The third kappa shape index (κ3) is 3.97. The number of allylic oxidation sites excluding steroid dienone is 3. The van der Waals surface area contributed by atoms with Crippen molar-refractivity contribution in [1.29, 1.82) is 0 Å². The first-order chi connectivity index (χ1) is 4.04. The molecule has 0 heterocycles. The van der Waals surface area contributed by atoms with Crippen molar-refractivity contribution in [2.24, 2.45) is 0 Å². The van der Waals surface area contributed by atoms with Crippen LogP contribution >= 0.6 is 15.9 Å². The van der Waals surface area contributed by atoms with Crippen molar-refractivity contribution in [1.82, 2.24) is 0 Å². The Bertz CT molecular complexity index is 172. The second-order valence-corrected chi connectivity index (χ2v) is 2.40. The van der Waals surface area contributed by atoms with Gasteiger partial charge in [-0.15, -0.1) is 0 Å². The number of aliphatic hydroxyl groups is 1. The quantitative estimate of drug-likeness (QED) is 0.528. The molecule has 0 fully saturated rings. The van der Waals surface area contributed by atoms with Crippen LogP contribution < -0.4 is 0 Å². The van der Waals surface area contributed by atoms with Gasteiger partial charge in [0, 0.05) is 4.48 Å². The average molecular weight is 193 g/mol. The van der Waals surface area contributed by atoms with Gasteiger partial charge in [-0.05, 0) is 6.08 Å². The minimum absolute atomic E-state index is 0.357. The fourth-order valence-corrected chi connectivity index (χ4v) is 0.422. The monoisotopic (exact) mass is 192 g/mol. The van der Waals surface area contributed by atoms with Gasteiger partial charge in [-0.1, -0.05) is 29.1 Å². The van der Waals surface area contributed by atoms with Crippen LogP contribution in [0.15, 0.2) is 35.3 Å². The molecule has 0 atom stereocenters. The van der Waals surface area contributed by atoms with Gasteiger partial charge in [0.2, 0.25) is 0 Å². The van der Waals surface area contributed by atoms with Crippen LogP contribution in [0.3, 0.4) is 0 Å². The molecule has 0 rings (SSSR count). The topological polar surface area (TPSA) is 20.2 Å². The van der Waals surface area contributed by atoms with Crippen molar-refractivity contribution < 1.29 is 9.50 Å². The maximum Gasteiger partial charge on any atom is 0.165 e. The van der Waals surface area contributed by atoms with E-state index < -0.39 is 11.6 Å². The van der Waals surface area contributed by atoms with E-state index in [1.165, 1.54) is 0 Å². The minimum atomic E-state index is -0.781. The molecule has 0 aromatic carbocycles. The highest BCUT2D eigenvalue weighted by molar-refractivity contribution is 9.11. The summed E-state index contributed by atoms with van der Waals surface area (Å²) in [5.74, 6) is -1.37. The zero-order valence-corrected chi connectivity index (χ0v) is 6.28. The summed E-state index contributed by atoms with van der Waals surface area (Å²) in [5.41, 5.74) is 0. The molecule has 0 bridgehead atoms. The summed E-state index contributed by atoms with van der Waals surface area (Å²) >= 11 is 2.88. The van der Waals surface area contributed by atoms with Gasteiger partial charge in [-0.25, -0.2) is 4.39 Å². The molecule has 0 aliphatic carbocycles. The van der Waals surface area contributed by atoms with Crippen molar-refractivity contribution in [3.63, 3.8) is 0 Å². The average Bonchev–Trinajstić information content (AvgIpc) is 1.63. The molecular formula is C6H6BrFO. The first-order valence-corrected chi connectivity index (χ1v) is 2.93. The molecule has 0 saturated heterocycles. The lowest BCUT2D eigenvalue weighted by Crippen LogP contribution is -1.76. The molecule has 0 aromatic rings. The Kier molecular flexibility index (Phi) is 3.24. The molecule has 1 N–H and O–H groups in total. The Labute approximate surface area is 61.3 Å². The van der Waals surface area contributed by atoms with Crippen molar-refractivity contribution in [2.75, 3.05) is 0 Å². The number of aliphatic hydroxyl groups excluding tert-OH is 1. The Morgan fingerprint density at radius 1 is 1.56 bits per heavy atom. The lowest BCUT2D eigenvalue weighted by molar-refractivity contribution is 0.392. The molecule has 0 aromatic heterocycles. The Morgan fingerprint density at radius 3 is 2.11 bits per heavy atom.